The predicted molar refractivity (Wildman–Crippen MR) is 111 cm³/mol. The lowest BCUT2D eigenvalue weighted by molar-refractivity contribution is -0.156. The molecular weight excluding hydrogens is 382 g/mol. The summed E-state index contributed by atoms with van der Waals surface area (Å²) in [7, 11) is 0. The maximum atomic E-state index is 13.4. The molecule has 4 atom stereocenters. The second-order valence-electron chi connectivity index (χ2n) is 9.31. The van der Waals surface area contributed by atoms with Crippen molar-refractivity contribution in [2.75, 3.05) is 24.5 Å². The summed E-state index contributed by atoms with van der Waals surface area (Å²) < 4.78 is 5.19. The van der Waals surface area contributed by atoms with Gasteiger partial charge >= 0.3 is 0 Å². The molecule has 1 N–H and O–H groups in total. The number of allylic oxidation sites excluding steroid dienone is 1. The Morgan fingerprint density at radius 2 is 2.10 bits per heavy atom. The first kappa shape index (κ1) is 19.6. The molecule has 3 fully saturated rings. The fourth-order valence-corrected chi connectivity index (χ4v) is 5.94. The zero-order valence-electron chi connectivity index (χ0n) is 17.7. The topological polar surface area (TPSA) is 91.6 Å². The van der Waals surface area contributed by atoms with E-state index < -0.39 is 6.04 Å². The number of piperidine rings is 3. The molecule has 3 saturated heterocycles. The van der Waals surface area contributed by atoms with Crippen molar-refractivity contribution in [3.05, 3.63) is 17.5 Å². The highest BCUT2D eigenvalue weighted by Gasteiger charge is 2.52. The number of carbonyl (C=O) groups excluding carboxylic acids is 2. The van der Waals surface area contributed by atoms with Crippen LogP contribution in [0.4, 0.5) is 5.95 Å². The number of aryl methyl sites for hydroxylation is 1. The lowest BCUT2D eigenvalue weighted by Crippen LogP contribution is -2.68. The summed E-state index contributed by atoms with van der Waals surface area (Å²) in [6.45, 7) is 3.88. The number of nitrogens with zero attached hydrogens (tertiary/aromatic N) is 4. The summed E-state index contributed by atoms with van der Waals surface area (Å²) in [5.74, 6) is 1.71. The third-order valence-electron chi connectivity index (χ3n) is 7.28. The minimum Gasteiger partial charge on any atom is -0.351 e. The number of anilines is 1. The fourth-order valence-electron chi connectivity index (χ4n) is 5.94. The van der Waals surface area contributed by atoms with E-state index in [1.54, 1.807) is 6.92 Å². The Morgan fingerprint density at radius 3 is 2.87 bits per heavy atom. The zero-order valence-corrected chi connectivity index (χ0v) is 17.7. The average Bonchev–Trinajstić information content (AvgIpc) is 3.20. The zero-order chi connectivity index (χ0) is 20.7. The van der Waals surface area contributed by atoms with Gasteiger partial charge in [-0.25, -0.2) is 0 Å². The lowest BCUT2D eigenvalue weighted by atomic mass is 9.72. The van der Waals surface area contributed by atoms with Crippen molar-refractivity contribution in [2.45, 2.75) is 70.4 Å². The van der Waals surface area contributed by atoms with Crippen molar-refractivity contribution in [1.29, 1.82) is 0 Å². The molecule has 4 aliphatic rings. The predicted octanol–water partition coefficient (Wildman–Crippen LogP) is 2.20. The van der Waals surface area contributed by atoms with Gasteiger partial charge in [0.25, 0.3) is 5.95 Å². The van der Waals surface area contributed by atoms with E-state index >= 15 is 0 Å². The number of rotatable bonds is 4. The van der Waals surface area contributed by atoms with Gasteiger partial charge in [0.05, 0.1) is 0 Å². The maximum absolute atomic E-state index is 13.4. The van der Waals surface area contributed by atoms with Crippen molar-refractivity contribution >= 4 is 17.8 Å². The van der Waals surface area contributed by atoms with Gasteiger partial charge in [-0.1, -0.05) is 11.6 Å². The minimum absolute atomic E-state index is 0.00341. The maximum Gasteiger partial charge on any atom is 0.266 e. The Morgan fingerprint density at radius 1 is 1.23 bits per heavy atom. The summed E-state index contributed by atoms with van der Waals surface area (Å²) in [5.41, 5.74) is 1.32. The summed E-state index contributed by atoms with van der Waals surface area (Å²) in [6, 6.07) is -0.276. The molecule has 0 aromatic carbocycles. The third-order valence-corrected chi connectivity index (χ3v) is 7.28. The number of aromatic nitrogens is 2. The van der Waals surface area contributed by atoms with Crippen LogP contribution in [-0.2, 0) is 9.59 Å². The van der Waals surface area contributed by atoms with Crippen LogP contribution in [0.3, 0.4) is 0 Å². The molecule has 0 saturated carbocycles. The molecule has 8 heteroatoms. The van der Waals surface area contributed by atoms with Gasteiger partial charge < -0.3 is 19.6 Å². The number of hydrogen-bond donors (Lipinski definition) is 1. The first-order chi connectivity index (χ1) is 14.6. The van der Waals surface area contributed by atoms with Crippen LogP contribution in [0.15, 0.2) is 16.2 Å². The molecule has 162 valence electrons. The molecule has 30 heavy (non-hydrogen) atoms. The molecule has 8 nitrogen and oxygen atoms in total. The van der Waals surface area contributed by atoms with Crippen molar-refractivity contribution < 1.29 is 14.1 Å². The Bertz CT molecular complexity index is 850. The highest BCUT2D eigenvalue weighted by Crippen LogP contribution is 2.42. The van der Waals surface area contributed by atoms with E-state index in [4.69, 9.17) is 4.52 Å². The highest BCUT2D eigenvalue weighted by molar-refractivity contribution is 5.89. The fraction of sp³-hybridized carbons (Fsp3) is 0.727. The van der Waals surface area contributed by atoms with Gasteiger partial charge in [0.2, 0.25) is 17.7 Å². The molecule has 1 aromatic rings. The van der Waals surface area contributed by atoms with E-state index in [0.717, 1.165) is 38.6 Å². The molecule has 3 aliphatic heterocycles. The highest BCUT2D eigenvalue weighted by atomic mass is 16.5. The first-order valence-corrected chi connectivity index (χ1v) is 11.4. The molecule has 0 radical (unpaired) electrons. The minimum atomic E-state index is -0.404. The van der Waals surface area contributed by atoms with Crippen LogP contribution in [0, 0.1) is 18.8 Å². The van der Waals surface area contributed by atoms with Crippen LogP contribution in [0.25, 0.3) is 0 Å². The van der Waals surface area contributed by atoms with E-state index in [1.807, 2.05) is 4.90 Å². The van der Waals surface area contributed by atoms with Crippen LogP contribution < -0.4 is 10.2 Å². The van der Waals surface area contributed by atoms with Crippen LogP contribution in [-0.4, -0.2) is 58.6 Å². The standard InChI is InChI=1S/C22H31N5O3/c1-14-24-22(25-30-14)26-12-16-10-17(13-26)20(27-18(16)8-5-9-19(27)28)21(29)23-11-15-6-3-2-4-7-15/h6,16-18,20H,2-5,7-13H2,1H3,(H,23,29)/t16-,17+,18-,20+/m0/s1. The summed E-state index contributed by atoms with van der Waals surface area (Å²) in [6.07, 6.45) is 10.3. The van der Waals surface area contributed by atoms with Gasteiger partial charge in [0.1, 0.15) is 6.04 Å². The Kier molecular flexibility index (Phi) is 5.25. The second-order valence-corrected chi connectivity index (χ2v) is 9.31. The summed E-state index contributed by atoms with van der Waals surface area (Å²) >= 11 is 0. The number of carbonyl (C=O) groups is 2. The third kappa shape index (κ3) is 3.61. The molecule has 0 spiro atoms. The smallest absolute Gasteiger partial charge is 0.266 e. The first-order valence-electron chi connectivity index (χ1n) is 11.4. The van der Waals surface area contributed by atoms with E-state index in [1.165, 1.54) is 18.4 Å². The number of nitrogens with one attached hydrogen (secondary N) is 1. The molecule has 1 aliphatic carbocycles. The molecule has 2 bridgehead atoms. The van der Waals surface area contributed by atoms with E-state index in [0.29, 0.717) is 37.3 Å². The van der Waals surface area contributed by atoms with Crippen LogP contribution in [0.2, 0.25) is 0 Å². The van der Waals surface area contributed by atoms with Gasteiger partial charge in [-0.05, 0) is 56.0 Å². The molecule has 4 heterocycles. The van der Waals surface area contributed by atoms with Gasteiger partial charge in [-0.2, -0.15) is 4.98 Å². The Hall–Kier alpha value is -2.38. The van der Waals surface area contributed by atoms with Crippen LogP contribution in [0.1, 0.15) is 57.3 Å². The van der Waals surface area contributed by atoms with Crippen LogP contribution in [0.5, 0.6) is 0 Å². The van der Waals surface area contributed by atoms with Gasteiger partial charge in [-0.15, -0.1) is 0 Å². The molecule has 0 unspecified atom stereocenters. The summed E-state index contributed by atoms with van der Waals surface area (Å²) in [5, 5.41) is 7.27. The number of hydrogen-bond acceptors (Lipinski definition) is 6. The molecule has 1 aromatic heterocycles. The largest absolute Gasteiger partial charge is 0.351 e. The quantitative estimate of drug-likeness (QED) is 0.761. The van der Waals surface area contributed by atoms with Gasteiger partial charge in [0, 0.05) is 44.9 Å². The van der Waals surface area contributed by atoms with E-state index in [2.05, 4.69) is 26.4 Å². The Balaban J connectivity index is 1.38. The second kappa shape index (κ2) is 8.04. The van der Waals surface area contributed by atoms with Crippen molar-refractivity contribution in [3.8, 4) is 0 Å². The van der Waals surface area contributed by atoms with E-state index in [-0.39, 0.29) is 23.8 Å². The van der Waals surface area contributed by atoms with E-state index in [9.17, 15) is 9.59 Å². The van der Waals surface area contributed by atoms with Crippen molar-refractivity contribution in [1.82, 2.24) is 20.4 Å². The van der Waals surface area contributed by atoms with Crippen LogP contribution >= 0.6 is 0 Å². The average molecular weight is 414 g/mol. The lowest BCUT2D eigenvalue weighted by Gasteiger charge is -2.55. The Labute approximate surface area is 177 Å². The van der Waals surface area contributed by atoms with Crippen molar-refractivity contribution in [2.24, 2.45) is 11.8 Å². The molecule has 5 rings (SSSR count). The number of fused-ring (bicyclic) bond motifs is 4. The SMILES string of the molecule is Cc1nc(N2C[C@@H]3C[C@H](C2)[C@H](C(=O)NCC2=CCCCC2)N2C(=O)CCC[C@@H]32)no1. The normalized spacial score (nSPS) is 31.2. The van der Waals surface area contributed by atoms with Gasteiger partial charge in [0.15, 0.2) is 0 Å². The van der Waals surface area contributed by atoms with Gasteiger partial charge in [-0.3, -0.25) is 9.59 Å². The van der Waals surface area contributed by atoms with Crippen molar-refractivity contribution in [3.63, 3.8) is 0 Å². The monoisotopic (exact) mass is 413 g/mol. The summed E-state index contributed by atoms with van der Waals surface area (Å²) in [4.78, 5) is 34.8. The molecule has 2 amide bonds. The molecular formula is C22H31N5O3. The number of amides is 2.